The number of carbonyl (C=O) groups is 2. The quantitative estimate of drug-likeness (QED) is 0.507. The largest absolute Gasteiger partial charge is 0.345 e. The summed E-state index contributed by atoms with van der Waals surface area (Å²) in [6.45, 7) is 0. The van der Waals surface area contributed by atoms with E-state index in [9.17, 15) is 9.59 Å². The van der Waals surface area contributed by atoms with Crippen molar-refractivity contribution in [3.63, 3.8) is 0 Å². The summed E-state index contributed by atoms with van der Waals surface area (Å²) in [4.78, 5) is 23.1. The summed E-state index contributed by atoms with van der Waals surface area (Å²) >= 11 is 5.82. The predicted octanol–water partition coefficient (Wildman–Crippen LogP) is 1.85. The number of amides is 2. The van der Waals surface area contributed by atoms with Gasteiger partial charge in [0.15, 0.2) is 0 Å². The summed E-state index contributed by atoms with van der Waals surface area (Å²) in [5.41, 5.74) is 2.94. The Morgan fingerprint density at radius 2 is 2.00 bits per heavy atom. The van der Waals surface area contributed by atoms with Crippen molar-refractivity contribution < 1.29 is 9.59 Å². The molecule has 2 amide bonds. The van der Waals surface area contributed by atoms with Crippen LogP contribution < -0.4 is 10.7 Å². The summed E-state index contributed by atoms with van der Waals surface area (Å²) in [5.74, 6) is -1.39. The Balaban J connectivity index is 1.80. The third-order valence-electron chi connectivity index (χ3n) is 3.13. The molecule has 1 aliphatic carbocycles. The number of nitrogens with zero attached hydrogens (tertiary/aromatic N) is 1. The van der Waals surface area contributed by atoms with Gasteiger partial charge in [-0.1, -0.05) is 36.6 Å². The molecule has 1 aliphatic rings. The van der Waals surface area contributed by atoms with Crippen molar-refractivity contribution in [2.75, 3.05) is 0 Å². The van der Waals surface area contributed by atoms with Gasteiger partial charge in [-0.2, -0.15) is 5.10 Å². The first-order chi connectivity index (χ1) is 9.65. The first kappa shape index (κ1) is 14.5. The lowest BCUT2D eigenvalue weighted by molar-refractivity contribution is -0.139. The van der Waals surface area contributed by atoms with Crippen LogP contribution in [0.1, 0.15) is 31.2 Å². The van der Waals surface area contributed by atoms with Crippen molar-refractivity contribution in [2.45, 2.75) is 31.7 Å². The van der Waals surface area contributed by atoms with E-state index in [4.69, 9.17) is 11.6 Å². The maximum Gasteiger partial charge on any atom is 0.329 e. The zero-order chi connectivity index (χ0) is 14.4. The van der Waals surface area contributed by atoms with Gasteiger partial charge in [0.2, 0.25) is 0 Å². The Morgan fingerprint density at radius 3 is 2.70 bits per heavy atom. The number of carbonyl (C=O) groups excluding carboxylic acids is 2. The molecule has 5 nitrogen and oxygen atoms in total. The van der Waals surface area contributed by atoms with Crippen LogP contribution in [0, 0.1) is 0 Å². The molecule has 1 aromatic carbocycles. The van der Waals surface area contributed by atoms with Gasteiger partial charge in [-0.25, -0.2) is 5.43 Å². The lowest BCUT2D eigenvalue weighted by Crippen LogP contribution is -2.42. The van der Waals surface area contributed by atoms with Gasteiger partial charge in [0.1, 0.15) is 0 Å². The van der Waals surface area contributed by atoms with E-state index in [1.807, 2.05) is 0 Å². The van der Waals surface area contributed by atoms with E-state index in [-0.39, 0.29) is 6.04 Å². The van der Waals surface area contributed by atoms with Crippen molar-refractivity contribution in [3.8, 4) is 0 Å². The summed E-state index contributed by atoms with van der Waals surface area (Å²) in [5, 5.41) is 7.01. The van der Waals surface area contributed by atoms with Crippen LogP contribution in [0.3, 0.4) is 0 Å². The molecule has 0 aromatic heterocycles. The first-order valence-corrected chi connectivity index (χ1v) is 6.92. The topological polar surface area (TPSA) is 70.6 Å². The molecule has 0 heterocycles. The Kier molecular flexibility index (Phi) is 5.12. The highest BCUT2D eigenvalue weighted by Gasteiger charge is 2.20. The van der Waals surface area contributed by atoms with Crippen LogP contribution in [-0.4, -0.2) is 24.1 Å². The Bertz CT molecular complexity index is 525. The molecule has 1 aromatic rings. The second-order valence-electron chi connectivity index (χ2n) is 4.71. The monoisotopic (exact) mass is 293 g/mol. The lowest BCUT2D eigenvalue weighted by Gasteiger charge is -2.10. The molecule has 0 atom stereocenters. The summed E-state index contributed by atoms with van der Waals surface area (Å²) < 4.78 is 0. The molecule has 0 saturated heterocycles. The standard InChI is InChI=1S/C14H16ClN3O2/c15-11-5-3-4-10(8-11)9-16-18-14(20)13(19)17-12-6-1-2-7-12/h3-5,8-9,12H,1-2,6-7H2,(H,17,19)(H,18,20)/b16-9-. The number of nitrogens with one attached hydrogen (secondary N) is 2. The molecule has 0 spiro atoms. The molecule has 20 heavy (non-hydrogen) atoms. The van der Waals surface area contributed by atoms with E-state index in [0.717, 1.165) is 31.2 Å². The van der Waals surface area contributed by atoms with Crippen molar-refractivity contribution >= 4 is 29.6 Å². The van der Waals surface area contributed by atoms with E-state index in [2.05, 4.69) is 15.8 Å². The molecular formula is C14H16ClN3O2. The van der Waals surface area contributed by atoms with Gasteiger partial charge in [-0.05, 0) is 30.5 Å². The fraction of sp³-hybridized carbons (Fsp3) is 0.357. The van der Waals surface area contributed by atoms with Crippen LogP contribution in [0.15, 0.2) is 29.4 Å². The molecule has 1 fully saturated rings. The first-order valence-electron chi connectivity index (χ1n) is 6.54. The van der Waals surface area contributed by atoms with Crippen LogP contribution in [-0.2, 0) is 9.59 Å². The third kappa shape index (κ3) is 4.35. The number of rotatable bonds is 3. The molecule has 0 bridgehead atoms. The van der Waals surface area contributed by atoms with Crippen molar-refractivity contribution in [1.29, 1.82) is 0 Å². The molecule has 0 aliphatic heterocycles. The molecule has 0 radical (unpaired) electrons. The van der Waals surface area contributed by atoms with Crippen molar-refractivity contribution in [1.82, 2.24) is 10.7 Å². The van der Waals surface area contributed by atoms with E-state index in [1.165, 1.54) is 6.21 Å². The second-order valence-corrected chi connectivity index (χ2v) is 5.15. The number of hydrazone groups is 1. The van der Waals surface area contributed by atoms with Gasteiger partial charge in [0, 0.05) is 11.1 Å². The predicted molar refractivity (Wildman–Crippen MR) is 77.6 cm³/mol. The minimum atomic E-state index is -0.754. The van der Waals surface area contributed by atoms with Crippen molar-refractivity contribution in [3.05, 3.63) is 34.9 Å². The molecule has 2 N–H and O–H groups in total. The fourth-order valence-electron chi connectivity index (χ4n) is 2.12. The number of hydrogen-bond acceptors (Lipinski definition) is 3. The maximum atomic E-state index is 11.6. The molecular weight excluding hydrogens is 278 g/mol. The van der Waals surface area contributed by atoms with Gasteiger partial charge < -0.3 is 5.32 Å². The Labute approximate surface area is 122 Å². The number of halogens is 1. The molecule has 106 valence electrons. The minimum Gasteiger partial charge on any atom is -0.345 e. The van der Waals surface area contributed by atoms with Crippen LogP contribution >= 0.6 is 11.6 Å². The molecule has 2 rings (SSSR count). The van der Waals surface area contributed by atoms with E-state index < -0.39 is 11.8 Å². The van der Waals surface area contributed by atoms with Gasteiger partial charge in [-0.15, -0.1) is 0 Å². The SMILES string of the molecule is O=C(N/N=C\c1cccc(Cl)c1)C(=O)NC1CCCC1. The van der Waals surface area contributed by atoms with E-state index >= 15 is 0 Å². The Hall–Kier alpha value is -1.88. The van der Waals surface area contributed by atoms with Crippen LogP contribution in [0.25, 0.3) is 0 Å². The summed E-state index contributed by atoms with van der Waals surface area (Å²) in [6.07, 6.45) is 5.50. The average molecular weight is 294 g/mol. The lowest BCUT2D eigenvalue weighted by atomic mass is 10.2. The Morgan fingerprint density at radius 1 is 1.25 bits per heavy atom. The highest BCUT2D eigenvalue weighted by atomic mass is 35.5. The molecule has 1 saturated carbocycles. The number of hydrogen-bond donors (Lipinski definition) is 2. The zero-order valence-corrected chi connectivity index (χ0v) is 11.7. The highest BCUT2D eigenvalue weighted by molar-refractivity contribution is 6.35. The van der Waals surface area contributed by atoms with Gasteiger partial charge >= 0.3 is 11.8 Å². The van der Waals surface area contributed by atoms with Crippen LogP contribution in [0.4, 0.5) is 0 Å². The van der Waals surface area contributed by atoms with Crippen molar-refractivity contribution in [2.24, 2.45) is 5.10 Å². The maximum absolute atomic E-state index is 11.6. The van der Waals surface area contributed by atoms with Gasteiger partial charge in [0.25, 0.3) is 0 Å². The van der Waals surface area contributed by atoms with E-state index in [0.29, 0.717) is 5.02 Å². The molecule has 6 heteroatoms. The zero-order valence-electron chi connectivity index (χ0n) is 10.9. The number of benzene rings is 1. The highest BCUT2D eigenvalue weighted by Crippen LogP contribution is 2.17. The normalized spacial score (nSPS) is 15.4. The fourth-order valence-corrected chi connectivity index (χ4v) is 2.32. The smallest absolute Gasteiger partial charge is 0.329 e. The van der Waals surface area contributed by atoms with Gasteiger partial charge in [-0.3, -0.25) is 9.59 Å². The van der Waals surface area contributed by atoms with Crippen LogP contribution in [0.5, 0.6) is 0 Å². The van der Waals surface area contributed by atoms with Crippen LogP contribution in [0.2, 0.25) is 5.02 Å². The second kappa shape index (κ2) is 7.05. The summed E-state index contributed by atoms with van der Waals surface area (Å²) in [7, 11) is 0. The summed E-state index contributed by atoms with van der Waals surface area (Å²) in [6, 6.07) is 7.13. The third-order valence-corrected chi connectivity index (χ3v) is 3.36. The molecule has 0 unspecified atom stereocenters. The van der Waals surface area contributed by atoms with Gasteiger partial charge in [0.05, 0.1) is 6.21 Å². The average Bonchev–Trinajstić information content (AvgIpc) is 2.91. The van der Waals surface area contributed by atoms with E-state index in [1.54, 1.807) is 24.3 Å². The minimum absolute atomic E-state index is 0.116.